The van der Waals surface area contributed by atoms with Gasteiger partial charge >= 0.3 is 6.18 Å². The smallest absolute Gasteiger partial charge is 0.416 e. The van der Waals surface area contributed by atoms with Crippen LogP contribution in [0.3, 0.4) is 0 Å². The molecule has 0 saturated heterocycles. The van der Waals surface area contributed by atoms with Crippen molar-refractivity contribution in [3.8, 4) is 17.2 Å². The molecule has 1 aromatic heterocycles. The molecule has 0 aliphatic carbocycles. The monoisotopic (exact) mass is 443 g/mol. The second kappa shape index (κ2) is 8.67. The number of oxazole rings is 1. The number of halogens is 3. The van der Waals surface area contributed by atoms with Gasteiger partial charge in [-0.25, -0.2) is 4.98 Å². The minimum atomic E-state index is -4.37. The molecule has 0 bridgehead atoms. The van der Waals surface area contributed by atoms with Crippen molar-refractivity contribution in [3.63, 3.8) is 0 Å². The molecule has 3 nitrogen and oxygen atoms in total. The Bertz CT molecular complexity index is 1200. The van der Waals surface area contributed by atoms with Gasteiger partial charge < -0.3 is 9.15 Å². The third kappa shape index (κ3) is 4.71. The lowest BCUT2D eigenvalue weighted by molar-refractivity contribution is -0.137. The summed E-state index contributed by atoms with van der Waals surface area (Å²) in [6.45, 7) is 4.60. The number of hydrogen-bond donors (Lipinski definition) is 0. The highest BCUT2D eigenvalue weighted by Crippen LogP contribution is 2.34. The largest absolute Gasteiger partial charge is 0.494 e. The summed E-state index contributed by atoms with van der Waals surface area (Å²) < 4.78 is 49.9. The zero-order valence-electron chi connectivity index (χ0n) is 17.0. The van der Waals surface area contributed by atoms with Crippen LogP contribution in [0.2, 0.25) is 0 Å². The van der Waals surface area contributed by atoms with Crippen molar-refractivity contribution in [2.75, 3.05) is 6.61 Å². The first-order valence-corrected chi connectivity index (χ1v) is 10.8. The van der Waals surface area contributed by atoms with Crippen molar-refractivity contribution in [3.05, 3.63) is 77.4 Å². The van der Waals surface area contributed by atoms with E-state index in [-0.39, 0.29) is 0 Å². The van der Waals surface area contributed by atoms with Gasteiger partial charge in [0.2, 0.25) is 5.89 Å². The molecule has 0 fully saturated rings. The summed E-state index contributed by atoms with van der Waals surface area (Å²) in [7, 11) is 0. The number of fused-ring (bicyclic) bond motifs is 1. The van der Waals surface area contributed by atoms with E-state index in [9.17, 15) is 13.2 Å². The van der Waals surface area contributed by atoms with Gasteiger partial charge in [-0.15, -0.1) is 11.8 Å². The molecular weight excluding hydrogens is 423 g/mol. The molecule has 0 saturated carbocycles. The summed E-state index contributed by atoms with van der Waals surface area (Å²) in [6.07, 6.45) is -4.37. The number of rotatable bonds is 6. The van der Waals surface area contributed by atoms with Crippen molar-refractivity contribution in [2.24, 2.45) is 0 Å². The average molecular weight is 443 g/mol. The SMILES string of the molecule is CCOc1ccc(SCc2cccc3nc(-c4ccc(C(F)(F)F)cc4)oc23)cc1C. The Morgan fingerprint density at radius 2 is 1.81 bits per heavy atom. The second-order valence-corrected chi connectivity index (χ2v) is 8.06. The third-order valence-electron chi connectivity index (χ3n) is 4.80. The molecule has 0 aliphatic rings. The zero-order chi connectivity index (χ0) is 22.0. The molecule has 0 radical (unpaired) electrons. The van der Waals surface area contributed by atoms with E-state index in [1.165, 1.54) is 12.1 Å². The van der Waals surface area contributed by atoms with Crippen molar-refractivity contribution >= 4 is 22.9 Å². The second-order valence-electron chi connectivity index (χ2n) is 7.01. The van der Waals surface area contributed by atoms with Crippen LogP contribution < -0.4 is 4.74 Å². The van der Waals surface area contributed by atoms with E-state index in [4.69, 9.17) is 9.15 Å². The van der Waals surface area contributed by atoms with E-state index in [0.29, 0.717) is 34.9 Å². The lowest BCUT2D eigenvalue weighted by Gasteiger charge is -2.09. The number of benzene rings is 3. The highest BCUT2D eigenvalue weighted by Gasteiger charge is 2.30. The maximum absolute atomic E-state index is 12.8. The van der Waals surface area contributed by atoms with E-state index >= 15 is 0 Å². The molecule has 0 N–H and O–H groups in total. The van der Waals surface area contributed by atoms with E-state index in [1.54, 1.807) is 11.8 Å². The molecule has 1 heterocycles. The van der Waals surface area contributed by atoms with Crippen LogP contribution in [0.5, 0.6) is 5.75 Å². The van der Waals surface area contributed by atoms with Crippen LogP contribution >= 0.6 is 11.8 Å². The molecule has 31 heavy (non-hydrogen) atoms. The maximum Gasteiger partial charge on any atom is 0.416 e. The molecule has 0 amide bonds. The molecule has 0 atom stereocenters. The quantitative estimate of drug-likeness (QED) is 0.289. The fourth-order valence-electron chi connectivity index (χ4n) is 3.24. The Balaban J connectivity index is 1.56. The van der Waals surface area contributed by atoms with Gasteiger partial charge in [-0.05, 0) is 67.9 Å². The minimum absolute atomic E-state index is 0.304. The number of hydrogen-bond acceptors (Lipinski definition) is 4. The van der Waals surface area contributed by atoms with Crippen molar-refractivity contribution in [1.82, 2.24) is 4.98 Å². The number of aromatic nitrogens is 1. The predicted octanol–water partition coefficient (Wildman–Crippen LogP) is 7.51. The van der Waals surface area contributed by atoms with E-state index in [0.717, 1.165) is 33.9 Å². The van der Waals surface area contributed by atoms with Crippen LogP contribution in [0.15, 0.2) is 70.0 Å². The number of nitrogens with zero attached hydrogens (tertiary/aromatic N) is 1. The summed E-state index contributed by atoms with van der Waals surface area (Å²) >= 11 is 1.67. The van der Waals surface area contributed by atoms with Crippen molar-refractivity contribution in [2.45, 2.75) is 30.7 Å². The maximum atomic E-state index is 12.8. The highest BCUT2D eigenvalue weighted by atomic mass is 32.2. The molecule has 4 rings (SSSR count). The van der Waals surface area contributed by atoms with Gasteiger partial charge in [-0.2, -0.15) is 13.2 Å². The van der Waals surface area contributed by atoms with Crippen LogP contribution in [-0.2, 0) is 11.9 Å². The standard InChI is InChI=1S/C24H20F3NO2S/c1-3-29-21-12-11-19(13-15(21)2)31-14-17-5-4-6-20-22(17)30-23(28-20)16-7-9-18(10-8-16)24(25,26)27/h4-13H,3,14H2,1-2H3. The minimum Gasteiger partial charge on any atom is -0.494 e. The normalized spacial score (nSPS) is 11.8. The first-order chi connectivity index (χ1) is 14.8. The van der Waals surface area contributed by atoms with Crippen LogP contribution in [0.25, 0.3) is 22.6 Å². The van der Waals surface area contributed by atoms with E-state index < -0.39 is 11.7 Å². The molecule has 4 aromatic rings. The summed E-state index contributed by atoms with van der Waals surface area (Å²) in [5.74, 6) is 1.86. The lowest BCUT2D eigenvalue weighted by Crippen LogP contribution is -2.03. The van der Waals surface area contributed by atoms with Crippen molar-refractivity contribution in [1.29, 1.82) is 0 Å². The van der Waals surface area contributed by atoms with E-state index in [2.05, 4.69) is 11.1 Å². The number of aryl methyl sites for hydroxylation is 1. The number of alkyl halides is 3. The Morgan fingerprint density at radius 3 is 2.48 bits per heavy atom. The van der Waals surface area contributed by atoms with Crippen LogP contribution in [0, 0.1) is 6.92 Å². The average Bonchev–Trinajstić information content (AvgIpc) is 3.18. The Morgan fingerprint density at radius 1 is 1.03 bits per heavy atom. The summed E-state index contributed by atoms with van der Waals surface area (Å²) in [4.78, 5) is 5.57. The zero-order valence-corrected chi connectivity index (χ0v) is 17.8. The third-order valence-corrected chi connectivity index (χ3v) is 5.84. The van der Waals surface area contributed by atoms with Gasteiger partial charge in [0.15, 0.2) is 5.58 Å². The molecule has 3 aromatic carbocycles. The van der Waals surface area contributed by atoms with Gasteiger partial charge in [0, 0.05) is 21.8 Å². The first-order valence-electron chi connectivity index (χ1n) is 9.77. The van der Waals surface area contributed by atoms with Crippen LogP contribution in [0.1, 0.15) is 23.6 Å². The Kier molecular flexibility index (Phi) is 5.96. The molecule has 0 aliphatic heterocycles. The molecule has 0 unspecified atom stereocenters. The summed E-state index contributed by atoms with van der Waals surface area (Å²) in [6, 6.07) is 16.6. The van der Waals surface area contributed by atoms with Crippen LogP contribution in [0.4, 0.5) is 13.2 Å². The van der Waals surface area contributed by atoms with Gasteiger partial charge in [0.25, 0.3) is 0 Å². The predicted molar refractivity (Wildman–Crippen MR) is 116 cm³/mol. The summed E-state index contributed by atoms with van der Waals surface area (Å²) in [5.41, 5.74) is 3.18. The van der Waals surface area contributed by atoms with Gasteiger partial charge in [-0.3, -0.25) is 0 Å². The van der Waals surface area contributed by atoms with E-state index in [1.807, 2.05) is 44.2 Å². The highest BCUT2D eigenvalue weighted by molar-refractivity contribution is 7.98. The Hall–Kier alpha value is -2.93. The van der Waals surface area contributed by atoms with Gasteiger partial charge in [0.1, 0.15) is 11.3 Å². The topological polar surface area (TPSA) is 35.3 Å². The molecule has 160 valence electrons. The fraction of sp³-hybridized carbons (Fsp3) is 0.208. The number of para-hydroxylation sites is 1. The van der Waals surface area contributed by atoms with Gasteiger partial charge in [-0.1, -0.05) is 12.1 Å². The molecular formula is C24H20F3NO2S. The number of ether oxygens (including phenoxy) is 1. The van der Waals surface area contributed by atoms with Crippen LogP contribution in [-0.4, -0.2) is 11.6 Å². The summed E-state index contributed by atoms with van der Waals surface area (Å²) in [5, 5.41) is 0. The molecule has 7 heteroatoms. The first kappa shape index (κ1) is 21.3. The number of thioether (sulfide) groups is 1. The van der Waals surface area contributed by atoms with Crippen molar-refractivity contribution < 1.29 is 22.3 Å². The van der Waals surface area contributed by atoms with Gasteiger partial charge in [0.05, 0.1) is 12.2 Å². The Labute approximate surface area is 182 Å². The fourth-order valence-corrected chi connectivity index (χ4v) is 4.21. The lowest BCUT2D eigenvalue weighted by atomic mass is 10.1. The molecule has 0 spiro atoms.